The number of likely N-dealkylation sites (N-methyl/N-ethyl adjacent to an activating group) is 1. The summed E-state index contributed by atoms with van der Waals surface area (Å²) < 4.78 is 27.4. The highest BCUT2D eigenvalue weighted by Gasteiger charge is 2.17. The van der Waals surface area contributed by atoms with Gasteiger partial charge in [0.1, 0.15) is 22.3 Å². The van der Waals surface area contributed by atoms with Crippen molar-refractivity contribution in [2.24, 2.45) is 0 Å². The quantitative estimate of drug-likeness (QED) is 0.859. The van der Waals surface area contributed by atoms with E-state index in [1.165, 1.54) is 11.4 Å². The molecule has 1 aromatic heterocycles. The summed E-state index contributed by atoms with van der Waals surface area (Å²) in [4.78, 5) is 16.0. The van der Waals surface area contributed by atoms with Crippen molar-refractivity contribution in [3.05, 3.63) is 40.9 Å². The second-order valence-electron chi connectivity index (χ2n) is 4.80. The Balaban J connectivity index is 2.10. The molecule has 1 amide bonds. The summed E-state index contributed by atoms with van der Waals surface area (Å²) in [5, 5.41) is 7.55. The van der Waals surface area contributed by atoms with Gasteiger partial charge in [-0.05, 0) is 25.6 Å². The van der Waals surface area contributed by atoms with E-state index in [0.717, 1.165) is 30.0 Å². The molecule has 0 bridgehead atoms. The van der Waals surface area contributed by atoms with Gasteiger partial charge in [0, 0.05) is 18.0 Å². The molecule has 0 radical (unpaired) electrons. The molecular formula is C15H17F2N3OS. The van der Waals surface area contributed by atoms with Crippen molar-refractivity contribution < 1.29 is 13.6 Å². The first-order chi connectivity index (χ1) is 10.5. The lowest BCUT2D eigenvalue weighted by atomic mass is 10.2. The second kappa shape index (κ2) is 7.42. The van der Waals surface area contributed by atoms with Crippen molar-refractivity contribution in [1.29, 1.82) is 0 Å². The molecule has 2 N–H and O–H groups in total. The maximum absolute atomic E-state index is 13.7. The minimum Gasteiger partial charge on any atom is -0.349 e. The molecule has 0 saturated heterocycles. The summed E-state index contributed by atoms with van der Waals surface area (Å²) in [6.07, 6.45) is 0. The highest BCUT2D eigenvalue weighted by atomic mass is 32.1. The summed E-state index contributed by atoms with van der Waals surface area (Å²) in [7, 11) is 0. The zero-order valence-electron chi connectivity index (χ0n) is 12.3. The van der Waals surface area contributed by atoms with E-state index in [9.17, 15) is 13.6 Å². The number of hydrogen-bond acceptors (Lipinski definition) is 4. The van der Waals surface area contributed by atoms with Crippen LogP contribution in [0.5, 0.6) is 0 Å². The fourth-order valence-corrected chi connectivity index (χ4v) is 2.80. The maximum atomic E-state index is 13.7. The summed E-state index contributed by atoms with van der Waals surface area (Å²) in [5.41, 5.74) is -0.0427. The summed E-state index contributed by atoms with van der Waals surface area (Å²) >= 11 is 1.04. The minimum absolute atomic E-state index is 0.135. The van der Waals surface area contributed by atoms with E-state index in [1.54, 1.807) is 0 Å². The summed E-state index contributed by atoms with van der Waals surface area (Å²) in [5.74, 6) is -1.74. The molecule has 2 aromatic rings. The van der Waals surface area contributed by atoms with Gasteiger partial charge >= 0.3 is 0 Å². The number of nitrogens with zero attached hydrogens (tertiary/aromatic N) is 1. The van der Waals surface area contributed by atoms with Crippen LogP contribution in [-0.2, 0) is 0 Å². The first-order valence-corrected chi connectivity index (χ1v) is 7.82. The monoisotopic (exact) mass is 325 g/mol. The predicted molar refractivity (Wildman–Crippen MR) is 82.9 cm³/mol. The van der Waals surface area contributed by atoms with E-state index in [0.29, 0.717) is 6.54 Å². The van der Waals surface area contributed by atoms with Crippen LogP contribution in [0.2, 0.25) is 0 Å². The molecule has 0 spiro atoms. The first kappa shape index (κ1) is 16.5. The normalized spacial score (nSPS) is 12.2. The lowest BCUT2D eigenvalue weighted by Gasteiger charge is -2.12. The number of rotatable bonds is 6. The van der Waals surface area contributed by atoms with Crippen LogP contribution in [0.15, 0.2) is 23.6 Å². The number of nitrogens with one attached hydrogen (secondary N) is 2. The van der Waals surface area contributed by atoms with E-state index >= 15 is 0 Å². The van der Waals surface area contributed by atoms with Gasteiger partial charge < -0.3 is 10.6 Å². The third kappa shape index (κ3) is 3.86. The number of amides is 1. The molecule has 0 saturated carbocycles. The average molecular weight is 325 g/mol. The van der Waals surface area contributed by atoms with Gasteiger partial charge in [-0.3, -0.25) is 4.79 Å². The number of carbonyl (C=O) groups is 1. The molecule has 0 fully saturated rings. The topological polar surface area (TPSA) is 54.0 Å². The highest BCUT2D eigenvalue weighted by Crippen LogP contribution is 2.28. The fourth-order valence-electron chi connectivity index (χ4n) is 1.95. The van der Waals surface area contributed by atoms with Crippen molar-refractivity contribution in [3.63, 3.8) is 0 Å². The van der Waals surface area contributed by atoms with Gasteiger partial charge in [0.05, 0.1) is 5.56 Å². The Labute approximate surface area is 131 Å². The van der Waals surface area contributed by atoms with Gasteiger partial charge in [-0.15, -0.1) is 11.3 Å². The molecular weight excluding hydrogens is 308 g/mol. The number of aromatic nitrogens is 1. The van der Waals surface area contributed by atoms with E-state index in [1.807, 2.05) is 13.8 Å². The fraction of sp³-hybridized carbons (Fsp3) is 0.333. The Bertz CT molecular complexity index is 640. The Morgan fingerprint density at radius 2 is 2.05 bits per heavy atom. The summed E-state index contributed by atoms with van der Waals surface area (Å²) in [6, 6.07) is 3.75. The van der Waals surface area contributed by atoms with Crippen LogP contribution >= 0.6 is 11.3 Å². The molecule has 0 aliphatic heterocycles. The van der Waals surface area contributed by atoms with Crippen molar-refractivity contribution in [2.75, 3.05) is 13.1 Å². The van der Waals surface area contributed by atoms with E-state index in [-0.39, 0.29) is 28.2 Å². The molecule has 4 nitrogen and oxygen atoms in total. The van der Waals surface area contributed by atoms with Crippen molar-refractivity contribution in [3.8, 4) is 10.6 Å². The Hall–Kier alpha value is -1.86. The molecule has 22 heavy (non-hydrogen) atoms. The molecule has 118 valence electrons. The Morgan fingerprint density at radius 1 is 1.36 bits per heavy atom. The van der Waals surface area contributed by atoms with Crippen LogP contribution in [0.4, 0.5) is 8.78 Å². The van der Waals surface area contributed by atoms with Gasteiger partial charge in [0.2, 0.25) is 0 Å². The Kier molecular flexibility index (Phi) is 5.57. The molecule has 0 unspecified atom stereocenters. The van der Waals surface area contributed by atoms with Crippen molar-refractivity contribution in [2.45, 2.75) is 19.9 Å². The van der Waals surface area contributed by atoms with Crippen LogP contribution in [0, 0.1) is 11.6 Å². The third-order valence-corrected chi connectivity index (χ3v) is 3.89. The van der Waals surface area contributed by atoms with Gasteiger partial charge in [-0.25, -0.2) is 13.8 Å². The predicted octanol–water partition coefficient (Wildman–Crippen LogP) is 2.82. The number of benzene rings is 1. The number of hydrogen-bond donors (Lipinski definition) is 2. The molecule has 0 aliphatic carbocycles. The van der Waals surface area contributed by atoms with E-state index in [4.69, 9.17) is 0 Å². The Morgan fingerprint density at radius 3 is 2.68 bits per heavy atom. The standard InChI is InChI=1S/C15H17F2N3OS/c1-3-18-9(2)7-19-14(21)12-8-22-15(20-12)13-10(16)5-4-6-11(13)17/h4-6,8-9,18H,3,7H2,1-2H3,(H,19,21)/t9-/m1/s1. The molecule has 1 heterocycles. The highest BCUT2D eigenvalue weighted by molar-refractivity contribution is 7.13. The first-order valence-electron chi connectivity index (χ1n) is 6.94. The SMILES string of the molecule is CCN[C@H](C)CNC(=O)c1csc(-c2c(F)cccc2F)n1. The van der Waals surface area contributed by atoms with Gasteiger partial charge in [-0.1, -0.05) is 13.0 Å². The van der Waals surface area contributed by atoms with Crippen LogP contribution in [0.1, 0.15) is 24.3 Å². The van der Waals surface area contributed by atoms with Gasteiger partial charge in [0.15, 0.2) is 0 Å². The molecule has 1 atom stereocenters. The molecule has 2 rings (SSSR count). The van der Waals surface area contributed by atoms with Gasteiger partial charge in [0.25, 0.3) is 5.91 Å². The minimum atomic E-state index is -0.693. The number of thiazole rings is 1. The largest absolute Gasteiger partial charge is 0.349 e. The van der Waals surface area contributed by atoms with E-state index in [2.05, 4.69) is 15.6 Å². The smallest absolute Gasteiger partial charge is 0.270 e. The van der Waals surface area contributed by atoms with Crippen LogP contribution in [0.3, 0.4) is 0 Å². The molecule has 1 aromatic carbocycles. The average Bonchev–Trinajstić information content (AvgIpc) is 2.94. The summed E-state index contributed by atoms with van der Waals surface area (Å²) in [6.45, 7) is 5.19. The zero-order valence-corrected chi connectivity index (χ0v) is 13.1. The lowest BCUT2D eigenvalue weighted by Crippen LogP contribution is -2.38. The number of halogens is 2. The van der Waals surface area contributed by atoms with E-state index < -0.39 is 11.6 Å². The van der Waals surface area contributed by atoms with Crippen molar-refractivity contribution in [1.82, 2.24) is 15.6 Å². The van der Waals surface area contributed by atoms with Crippen LogP contribution in [0.25, 0.3) is 10.6 Å². The van der Waals surface area contributed by atoms with Crippen LogP contribution in [-0.4, -0.2) is 30.0 Å². The number of carbonyl (C=O) groups excluding carboxylic acids is 1. The zero-order chi connectivity index (χ0) is 16.1. The van der Waals surface area contributed by atoms with Crippen molar-refractivity contribution >= 4 is 17.2 Å². The molecule has 0 aliphatic rings. The second-order valence-corrected chi connectivity index (χ2v) is 5.66. The van der Waals surface area contributed by atoms with Gasteiger partial charge in [-0.2, -0.15) is 0 Å². The molecule has 7 heteroatoms. The maximum Gasteiger partial charge on any atom is 0.270 e. The third-order valence-electron chi connectivity index (χ3n) is 3.03. The van der Waals surface area contributed by atoms with Crippen LogP contribution < -0.4 is 10.6 Å². The lowest BCUT2D eigenvalue weighted by molar-refractivity contribution is 0.0946.